The summed E-state index contributed by atoms with van der Waals surface area (Å²) in [5.41, 5.74) is 5.59. The van der Waals surface area contributed by atoms with Gasteiger partial charge in [0.2, 0.25) is 0 Å². The smallest absolute Gasteiger partial charge is 0.115 e. The van der Waals surface area contributed by atoms with Gasteiger partial charge in [0.05, 0.1) is 6.10 Å². The molecule has 3 heteroatoms. The summed E-state index contributed by atoms with van der Waals surface area (Å²) < 4.78 is 0. The van der Waals surface area contributed by atoms with Crippen molar-refractivity contribution in [3.63, 3.8) is 0 Å². The molecule has 3 aromatic carbocycles. The molecule has 1 aliphatic heterocycles. The van der Waals surface area contributed by atoms with Gasteiger partial charge in [-0.1, -0.05) is 60.7 Å². The number of phenols is 1. The van der Waals surface area contributed by atoms with Crippen LogP contribution in [0.15, 0.2) is 72.8 Å². The summed E-state index contributed by atoms with van der Waals surface area (Å²) in [4.78, 5) is 2.24. The van der Waals surface area contributed by atoms with Crippen LogP contribution in [0.3, 0.4) is 0 Å². The molecule has 3 nitrogen and oxygen atoms in total. The number of hydrogen-bond donors (Lipinski definition) is 2. The van der Waals surface area contributed by atoms with E-state index in [1.807, 2.05) is 24.3 Å². The monoisotopic (exact) mass is 331 g/mol. The van der Waals surface area contributed by atoms with E-state index in [-0.39, 0.29) is 5.75 Å². The first kappa shape index (κ1) is 15.9. The minimum absolute atomic E-state index is 0.211. The third kappa shape index (κ3) is 3.43. The van der Waals surface area contributed by atoms with Gasteiger partial charge in [-0.15, -0.1) is 0 Å². The minimum atomic E-state index is -0.556. The van der Waals surface area contributed by atoms with Crippen LogP contribution in [-0.4, -0.2) is 21.7 Å². The lowest BCUT2D eigenvalue weighted by Crippen LogP contribution is -2.33. The fraction of sp³-hybridized carbons (Fsp3) is 0.182. The predicted octanol–water partition coefficient (Wildman–Crippen LogP) is 4.11. The van der Waals surface area contributed by atoms with Crippen molar-refractivity contribution in [2.24, 2.45) is 0 Å². The van der Waals surface area contributed by atoms with Gasteiger partial charge < -0.3 is 10.2 Å². The lowest BCUT2D eigenvalue weighted by molar-refractivity contribution is 0.0879. The topological polar surface area (TPSA) is 43.7 Å². The first-order valence-electron chi connectivity index (χ1n) is 8.55. The fourth-order valence-corrected chi connectivity index (χ4v) is 3.50. The number of benzene rings is 3. The SMILES string of the molecule is Oc1ccc2c(c1)C(O)CN(Cc1ccc(-c3ccccc3)cc1)C2. The standard InChI is InChI=1S/C22H21NO2/c24-20-11-10-19-14-23(15-22(25)21(19)12-20)13-16-6-8-18(9-7-16)17-4-2-1-3-5-17/h1-12,22,24-25H,13-15H2. The van der Waals surface area contributed by atoms with Crippen molar-refractivity contribution in [2.75, 3.05) is 6.54 Å². The third-order valence-corrected chi connectivity index (χ3v) is 4.78. The Morgan fingerprint density at radius 2 is 1.60 bits per heavy atom. The summed E-state index contributed by atoms with van der Waals surface area (Å²) in [5.74, 6) is 0.211. The maximum atomic E-state index is 10.4. The van der Waals surface area contributed by atoms with E-state index in [2.05, 4.69) is 41.3 Å². The molecule has 0 amide bonds. The number of β-amino-alcohol motifs (C(OH)–C–C–N with tert-alkyl or cyclic N) is 1. The van der Waals surface area contributed by atoms with Crippen LogP contribution in [-0.2, 0) is 13.1 Å². The maximum absolute atomic E-state index is 10.4. The fourth-order valence-electron chi connectivity index (χ4n) is 3.50. The highest BCUT2D eigenvalue weighted by molar-refractivity contribution is 5.63. The summed E-state index contributed by atoms with van der Waals surface area (Å²) in [7, 11) is 0. The number of rotatable bonds is 3. The molecule has 1 aliphatic rings. The molecule has 0 aliphatic carbocycles. The molecule has 2 N–H and O–H groups in total. The first-order chi connectivity index (χ1) is 12.2. The Hall–Kier alpha value is -2.62. The number of aliphatic hydroxyl groups is 1. The number of nitrogens with zero attached hydrogens (tertiary/aromatic N) is 1. The summed E-state index contributed by atoms with van der Waals surface area (Å²) in [6, 6.07) is 24.2. The Labute approximate surface area is 147 Å². The van der Waals surface area contributed by atoms with E-state index in [1.54, 1.807) is 12.1 Å². The Balaban J connectivity index is 1.49. The summed E-state index contributed by atoms with van der Waals surface area (Å²) in [6.45, 7) is 2.16. The van der Waals surface area contributed by atoms with Crippen molar-refractivity contribution >= 4 is 0 Å². The highest BCUT2D eigenvalue weighted by Gasteiger charge is 2.23. The Kier molecular flexibility index (Phi) is 4.26. The molecule has 0 fully saturated rings. The normalized spacial score (nSPS) is 17.2. The molecule has 126 valence electrons. The van der Waals surface area contributed by atoms with Gasteiger partial charge in [0, 0.05) is 19.6 Å². The van der Waals surface area contributed by atoms with Crippen molar-refractivity contribution in [1.82, 2.24) is 4.90 Å². The van der Waals surface area contributed by atoms with Crippen LogP contribution in [0.25, 0.3) is 11.1 Å². The van der Waals surface area contributed by atoms with E-state index in [0.29, 0.717) is 6.54 Å². The van der Waals surface area contributed by atoms with Crippen LogP contribution >= 0.6 is 0 Å². The van der Waals surface area contributed by atoms with E-state index in [9.17, 15) is 10.2 Å². The number of aromatic hydroxyl groups is 1. The maximum Gasteiger partial charge on any atom is 0.115 e. The Morgan fingerprint density at radius 1 is 0.880 bits per heavy atom. The van der Waals surface area contributed by atoms with Gasteiger partial charge >= 0.3 is 0 Å². The molecule has 25 heavy (non-hydrogen) atoms. The zero-order valence-corrected chi connectivity index (χ0v) is 14.0. The molecule has 0 aromatic heterocycles. The number of phenolic OH excluding ortho intramolecular Hbond substituents is 1. The zero-order valence-electron chi connectivity index (χ0n) is 14.0. The van der Waals surface area contributed by atoms with Gasteiger partial charge in [-0.3, -0.25) is 4.90 Å². The lowest BCUT2D eigenvalue weighted by atomic mass is 9.96. The van der Waals surface area contributed by atoms with E-state index in [1.165, 1.54) is 16.7 Å². The highest BCUT2D eigenvalue weighted by Crippen LogP contribution is 2.30. The molecule has 0 spiro atoms. The van der Waals surface area contributed by atoms with Crippen LogP contribution < -0.4 is 0 Å². The first-order valence-corrected chi connectivity index (χ1v) is 8.55. The van der Waals surface area contributed by atoms with Crippen LogP contribution in [0.1, 0.15) is 22.8 Å². The molecule has 3 aromatic rings. The summed E-state index contributed by atoms with van der Waals surface area (Å²) in [5, 5.41) is 20.0. The van der Waals surface area contributed by atoms with Crippen LogP contribution in [0.5, 0.6) is 5.75 Å². The molecule has 0 saturated carbocycles. The lowest BCUT2D eigenvalue weighted by Gasteiger charge is -2.32. The number of hydrogen-bond acceptors (Lipinski definition) is 3. The largest absolute Gasteiger partial charge is 0.508 e. The average molecular weight is 331 g/mol. The van der Waals surface area contributed by atoms with E-state index in [4.69, 9.17) is 0 Å². The summed E-state index contributed by atoms with van der Waals surface area (Å²) >= 11 is 0. The van der Waals surface area contributed by atoms with Crippen molar-refractivity contribution < 1.29 is 10.2 Å². The number of aliphatic hydroxyl groups excluding tert-OH is 1. The van der Waals surface area contributed by atoms with Gasteiger partial charge in [0.1, 0.15) is 5.75 Å². The number of fused-ring (bicyclic) bond motifs is 1. The molecule has 0 saturated heterocycles. The molecular formula is C22H21NO2. The highest BCUT2D eigenvalue weighted by atomic mass is 16.3. The van der Waals surface area contributed by atoms with Gasteiger partial charge in [0.15, 0.2) is 0 Å². The molecular weight excluding hydrogens is 310 g/mol. The van der Waals surface area contributed by atoms with E-state index >= 15 is 0 Å². The van der Waals surface area contributed by atoms with Gasteiger partial charge in [0.25, 0.3) is 0 Å². The molecule has 1 unspecified atom stereocenters. The zero-order chi connectivity index (χ0) is 17.2. The van der Waals surface area contributed by atoms with Gasteiger partial charge in [-0.25, -0.2) is 0 Å². The van der Waals surface area contributed by atoms with Crippen LogP contribution in [0, 0.1) is 0 Å². The quantitative estimate of drug-likeness (QED) is 0.759. The average Bonchev–Trinajstić information content (AvgIpc) is 2.64. The molecule has 1 atom stereocenters. The third-order valence-electron chi connectivity index (χ3n) is 4.78. The van der Waals surface area contributed by atoms with Crippen LogP contribution in [0.2, 0.25) is 0 Å². The minimum Gasteiger partial charge on any atom is -0.508 e. The molecule has 0 bridgehead atoms. The molecule has 0 radical (unpaired) electrons. The van der Waals surface area contributed by atoms with E-state index in [0.717, 1.165) is 24.2 Å². The van der Waals surface area contributed by atoms with Crippen molar-refractivity contribution in [3.8, 4) is 16.9 Å². The van der Waals surface area contributed by atoms with Gasteiger partial charge in [-0.05, 0) is 39.9 Å². The van der Waals surface area contributed by atoms with Crippen molar-refractivity contribution in [1.29, 1.82) is 0 Å². The second-order valence-electron chi connectivity index (χ2n) is 6.63. The van der Waals surface area contributed by atoms with Crippen molar-refractivity contribution in [2.45, 2.75) is 19.2 Å². The Bertz CT molecular complexity index is 859. The second-order valence-corrected chi connectivity index (χ2v) is 6.63. The van der Waals surface area contributed by atoms with Gasteiger partial charge in [-0.2, -0.15) is 0 Å². The van der Waals surface area contributed by atoms with Crippen LogP contribution in [0.4, 0.5) is 0 Å². The molecule has 4 rings (SSSR count). The van der Waals surface area contributed by atoms with E-state index < -0.39 is 6.10 Å². The second kappa shape index (κ2) is 6.71. The Morgan fingerprint density at radius 3 is 2.36 bits per heavy atom. The molecule has 1 heterocycles. The van der Waals surface area contributed by atoms with Crippen molar-refractivity contribution in [3.05, 3.63) is 89.5 Å². The predicted molar refractivity (Wildman–Crippen MR) is 99.1 cm³/mol. The summed E-state index contributed by atoms with van der Waals surface area (Å²) in [6.07, 6.45) is -0.556.